The van der Waals surface area contributed by atoms with Gasteiger partial charge in [-0.25, -0.2) is 0 Å². The van der Waals surface area contributed by atoms with Crippen molar-refractivity contribution in [3.8, 4) is 0 Å². The van der Waals surface area contributed by atoms with Gasteiger partial charge in [0.05, 0.1) is 20.1 Å². The average Bonchev–Trinajstić information content (AvgIpc) is 2.87. The van der Waals surface area contributed by atoms with Crippen LogP contribution in [0.5, 0.6) is 0 Å². The van der Waals surface area contributed by atoms with E-state index in [9.17, 15) is 4.79 Å². The lowest BCUT2D eigenvalue weighted by Gasteiger charge is -2.35. The third-order valence-electron chi connectivity index (χ3n) is 4.53. The highest BCUT2D eigenvalue weighted by Gasteiger charge is 2.33. The second-order valence-corrected chi connectivity index (χ2v) is 6.74. The molecule has 0 radical (unpaired) electrons. The van der Waals surface area contributed by atoms with E-state index in [-0.39, 0.29) is 5.91 Å². The minimum absolute atomic E-state index is 0.121. The van der Waals surface area contributed by atoms with E-state index in [4.69, 9.17) is 0 Å². The highest BCUT2D eigenvalue weighted by molar-refractivity contribution is 5.92. The van der Waals surface area contributed by atoms with Gasteiger partial charge in [0.2, 0.25) is 0 Å². The van der Waals surface area contributed by atoms with Crippen LogP contribution in [0.3, 0.4) is 0 Å². The maximum Gasteiger partial charge on any atom is 0.279 e. The predicted molar refractivity (Wildman–Crippen MR) is 83.8 cm³/mol. The summed E-state index contributed by atoms with van der Waals surface area (Å²) in [7, 11) is 4.36. The lowest BCUT2D eigenvalue weighted by molar-refractivity contribution is -0.906. The first kappa shape index (κ1) is 15.0. The number of hydrogen-bond donors (Lipinski definition) is 1. The molecule has 0 aliphatic heterocycles. The topological polar surface area (TPSA) is 29.1 Å². The van der Waals surface area contributed by atoms with Crippen LogP contribution in [0, 0.1) is 13.8 Å². The molecule has 0 heterocycles. The molecular formula is C17H27N2O+. The molecule has 1 amide bonds. The van der Waals surface area contributed by atoms with Crippen LogP contribution in [0.4, 0.5) is 5.69 Å². The van der Waals surface area contributed by atoms with E-state index in [1.54, 1.807) is 0 Å². The number of hydrogen-bond acceptors (Lipinski definition) is 1. The zero-order valence-electron chi connectivity index (χ0n) is 13.2. The van der Waals surface area contributed by atoms with Crippen molar-refractivity contribution in [2.45, 2.75) is 45.6 Å². The second-order valence-electron chi connectivity index (χ2n) is 6.74. The summed E-state index contributed by atoms with van der Waals surface area (Å²) in [5.41, 5.74) is 3.24. The average molecular weight is 275 g/mol. The molecule has 1 saturated carbocycles. The molecule has 3 heteroatoms. The number of aryl methyl sites for hydroxylation is 2. The molecule has 1 aliphatic rings. The van der Waals surface area contributed by atoms with E-state index in [2.05, 4.69) is 31.5 Å². The van der Waals surface area contributed by atoms with Crippen LogP contribution >= 0.6 is 0 Å². The van der Waals surface area contributed by atoms with Crippen molar-refractivity contribution >= 4 is 11.6 Å². The van der Waals surface area contributed by atoms with Gasteiger partial charge in [0, 0.05) is 5.69 Å². The highest BCUT2D eigenvalue weighted by Crippen LogP contribution is 2.26. The molecule has 110 valence electrons. The molecule has 2 rings (SSSR count). The lowest BCUT2D eigenvalue weighted by atomic mass is 10.1. The minimum atomic E-state index is 0.121. The maximum atomic E-state index is 12.3. The van der Waals surface area contributed by atoms with Gasteiger partial charge in [-0.05, 0) is 56.7 Å². The van der Waals surface area contributed by atoms with Crippen molar-refractivity contribution in [2.75, 3.05) is 26.0 Å². The molecule has 0 saturated heterocycles. The molecule has 0 aromatic heterocycles. The van der Waals surface area contributed by atoms with Crippen molar-refractivity contribution in [1.82, 2.24) is 0 Å². The first-order valence-corrected chi connectivity index (χ1v) is 7.58. The quantitative estimate of drug-likeness (QED) is 0.840. The number of carbonyl (C=O) groups excluding carboxylic acids is 1. The number of rotatable bonds is 4. The minimum Gasteiger partial charge on any atom is -0.321 e. The summed E-state index contributed by atoms with van der Waals surface area (Å²) < 4.78 is 0.802. The Bertz CT molecular complexity index is 488. The molecule has 20 heavy (non-hydrogen) atoms. The molecule has 1 N–H and O–H groups in total. The van der Waals surface area contributed by atoms with Crippen LogP contribution in [-0.2, 0) is 4.79 Å². The SMILES string of the molecule is Cc1ccc(C)c(NC(=O)C[N+](C)(C)C2CCCC2)c1. The molecular weight excluding hydrogens is 248 g/mol. The Kier molecular flexibility index (Phi) is 4.48. The van der Waals surface area contributed by atoms with Gasteiger partial charge in [-0.1, -0.05) is 12.1 Å². The van der Waals surface area contributed by atoms with Crippen LogP contribution in [0.25, 0.3) is 0 Å². The van der Waals surface area contributed by atoms with E-state index in [1.807, 2.05) is 19.9 Å². The third-order valence-corrected chi connectivity index (χ3v) is 4.53. The highest BCUT2D eigenvalue weighted by atomic mass is 16.2. The lowest BCUT2D eigenvalue weighted by Crippen LogP contribution is -2.51. The van der Waals surface area contributed by atoms with Gasteiger partial charge in [0.1, 0.15) is 0 Å². The summed E-state index contributed by atoms with van der Waals surface area (Å²) in [6, 6.07) is 6.81. The fourth-order valence-corrected chi connectivity index (χ4v) is 3.16. The second kappa shape index (κ2) is 5.96. The largest absolute Gasteiger partial charge is 0.321 e. The summed E-state index contributed by atoms with van der Waals surface area (Å²) in [5.74, 6) is 0.121. The van der Waals surface area contributed by atoms with Crippen LogP contribution in [0.15, 0.2) is 18.2 Å². The van der Waals surface area contributed by atoms with E-state index in [0.29, 0.717) is 12.6 Å². The number of nitrogens with zero attached hydrogens (tertiary/aromatic N) is 1. The van der Waals surface area contributed by atoms with Crippen LogP contribution in [0.2, 0.25) is 0 Å². The zero-order chi connectivity index (χ0) is 14.8. The van der Waals surface area contributed by atoms with Gasteiger partial charge in [0.25, 0.3) is 5.91 Å². The molecule has 1 aromatic rings. The van der Waals surface area contributed by atoms with Gasteiger partial charge in [-0.2, -0.15) is 0 Å². The molecule has 1 aliphatic carbocycles. The number of benzene rings is 1. The Morgan fingerprint density at radius 3 is 2.55 bits per heavy atom. The molecule has 0 spiro atoms. The predicted octanol–water partition coefficient (Wildman–Crippen LogP) is 3.26. The number of likely N-dealkylation sites (N-methyl/N-ethyl adjacent to an activating group) is 1. The van der Waals surface area contributed by atoms with Crippen molar-refractivity contribution < 1.29 is 9.28 Å². The summed E-state index contributed by atoms with van der Waals surface area (Å²) in [4.78, 5) is 12.3. The van der Waals surface area contributed by atoms with E-state index in [0.717, 1.165) is 15.7 Å². The first-order valence-electron chi connectivity index (χ1n) is 7.58. The molecule has 0 unspecified atom stereocenters. The van der Waals surface area contributed by atoms with Gasteiger partial charge >= 0.3 is 0 Å². The standard InChI is InChI=1S/C17H26N2O/c1-13-9-10-14(2)16(11-13)18-17(20)12-19(3,4)15-7-5-6-8-15/h9-11,15H,5-8,12H2,1-4H3/p+1. The number of carbonyl (C=O) groups is 1. The van der Waals surface area contributed by atoms with Crippen LogP contribution in [0.1, 0.15) is 36.8 Å². The Hall–Kier alpha value is -1.35. The summed E-state index contributed by atoms with van der Waals surface area (Å²) in [6.07, 6.45) is 5.13. The van der Waals surface area contributed by atoms with Gasteiger partial charge < -0.3 is 9.80 Å². The molecule has 3 nitrogen and oxygen atoms in total. The maximum absolute atomic E-state index is 12.3. The van der Waals surface area contributed by atoms with Gasteiger partial charge in [-0.15, -0.1) is 0 Å². The van der Waals surface area contributed by atoms with E-state index >= 15 is 0 Å². The normalized spacial score (nSPS) is 16.4. The molecule has 0 bridgehead atoms. The summed E-state index contributed by atoms with van der Waals surface area (Å²) in [6.45, 7) is 4.64. The first-order chi connectivity index (χ1) is 9.38. The monoisotopic (exact) mass is 275 g/mol. The number of quaternary nitrogens is 1. The Morgan fingerprint density at radius 2 is 1.90 bits per heavy atom. The van der Waals surface area contributed by atoms with Crippen molar-refractivity contribution in [3.63, 3.8) is 0 Å². The van der Waals surface area contributed by atoms with Crippen LogP contribution < -0.4 is 5.32 Å². The van der Waals surface area contributed by atoms with E-state index in [1.165, 1.54) is 31.2 Å². The molecule has 1 aromatic carbocycles. The fourth-order valence-electron chi connectivity index (χ4n) is 3.16. The zero-order valence-corrected chi connectivity index (χ0v) is 13.2. The van der Waals surface area contributed by atoms with E-state index < -0.39 is 0 Å². The number of nitrogens with one attached hydrogen (secondary N) is 1. The molecule has 1 fully saturated rings. The van der Waals surface area contributed by atoms with Crippen LogP contribution in [-0.4, -0.2) is 37.1 Å². The Balaban J connectivity index is 1.99. The summed E-state index contributed by atoms with van der Waals surface area (Å²) >= 11 is 0. The van der Waals surface area contributed by atoms with Gasteiger partial charge in [0.15, 0.2) is 6.54 Å². The Labute approximate surface area is 122 Å². The summed E-state index contributed by atoms with van der Waals surface area (Å²) in [5, 5.41) is 3.08. The third kappa shape index (κ3) is 3.60. The number of anilines is 1. The number of amides is 1. The molecule has 0 atom stereocenters. The van der Waals surface area contributed by atoms with Crippen molar-refractivity contribution in [1.29, 1.82) is 0 Å². The smallest absolute Gasteiger partial charge is 0.279 e. The van der Waals surface area contributed by atoms with Gasteiger partial charge in [-0.3, -0.25) is 4.79 Å². The fraction of sp³-hybridized carbons (Fsp3) is 0.588. The Morgan fingerprint density at radius 1 is 1.25 bits per heavy atom. The van der Waals surface area contributed by atoms with Crippen molar-refractivity contribution in [3.05, 3.63) is 29.3 Å². The van der Waals surface area contributed by atoms with Crippen molar-refractivity contribution in [2.24, 2.45) is 0 Å².